The molecule has 18 heavy (non-hydrogen) atoms. The van der Waals surface area contributed by atoms with Crippen molar-refractivity contribution in [1.82, 2.24) is 5.32 Å². The van der Waals surface area contributed by atoms with E-state index in [2.05, 4.69) is 34.2 Å². The molecule has 2 rings (SSSR count). The highest BCUT2D eigenvalue weighted by molar-refractivity contribution is 9.10. The first-order chi connectivity index (χ1) is 8.67. The molecule has 1 aliphatic rings. The average Bonchev–Trinajstić information content (AvgIpc) is 2.38. The van der Waals surface area contributed by atoms with Crippen LogP contribution in [0.5, 0.6) is 11.5 Å². The third-order valence-corrected chi connectivity index (χ3v) is 4.31. The Morgan fingerprint density at radius 3 is 2.67 bits per heavy atom. The molecule has 1 aromatic carbocycles. The molecule has 1 saturated heterocycles. The number of halogens is 1. The summed E-state index contributed by atoms with van der Waals surface area (Å²) in [6.07, 6.45) is 2.39. The first-order valence-corrected chi connectivity index (χ1v) is 7.10. The molecule has 0 radical (unpaired) electrons. The molecule has 0 aromatic heterocycles. The van der Waals surface area contributed by atoms with Gasteiger partial charge in [-0.15, -0.1) is 0 Å². The monoisotopic (exact) mass is 313 g/mol. The second-order valence-corrected chi connectivity index (χ2v) is 5.63. The second-order valence-electron chi connectivity index (χ2n) is 4.84. The topological polar surface area (TPSA) is 30.5 Å². The van der Waals surface area contributed by atoms with Gasteiger partial charge < -0.3 is 14.8 Å². The Morgan fingerprint density at radius 2 is 2.06 bits per heavy atom. The van der Waals surface area contributed by atoms with Gasteiger partial charge >= 0.3 is 0 Å². The van der Waals surface area contributed by atoms with Crippen LogP contribution in [0, 0.1) is 5.92 Å². The summed E-state index contributed by atoms with van der Waals surface area (Å²) in [6.45, 7) is 3.37. The van der Waals surface area contributed by atoms with E-state index in [9.17, 15) is 0 Å². The van der Waals surface area contributed by atoms with Crippen molar-refractivity contribution in [3.63, 3.8) is 0 Å². The Hall–Kier alpha value is -0.740. The van der Waals surface area contributed by atoms with E-state index in [0.717, 1.165) is 34.9 Å². The number of rotatable bonds is 3. The van der Waals surface area contributed by atoms with Crippen molar-refractivity contribution in [3.05, 3.63) is 22.2 Å². The molecule has 0 aliphatic carbocycles. The van der Waals surface area contributed by atoms with Gasteiger partial charge in [-0.3, -0.25) is 0 Å². The molecule has 1 fully saturated rings. The average molecular weight is 314 g/mol. The van der Waals surface area contributed by atoms with Gasteiger partial charge in [-0.05, 0) is 53.4 Å². The van der Waals surface area contributed by atoms with Gasteiger partial charge in [0.15, 0.2) is 0 Å². The summed E-state index contributed by atoms with van der Waals surface area (Å²) < 4.78 is 11.7. The fourth-order valence-corrected chi connectivity index (χ4v) is 3.22. The Kier molecular flexibility index (Phi) is 4.51. The fraction of sp³-hybridized carbons (Fsp3) is 0.571. The molecule has 0 saturated carbocycles. The van der Waals surface area contributed by atoms with Gasteiger partial charge in [-0.2, -0.15) is 0 Å². The molecule has 100 valence electrons. The number of nitrogens with one attached hydrogen (secondary N) is 1. The highest BCUT2D eigenvalue weighted by atomic mass is 79.9. The SMILES string of the molecule is COc1ccc(C2CC(C)CCN2)c(OC)c1Br. The molecule has 0 spiro atoms. The zero-order valence-electron chi connectivity index (χ0n) is 11.1. The third kappa shape index (κ3) is 2.64. The van der Waals surface area contributed by atoms with Crippen LogP contribution >= 0.6 is 15.9 Å². The first kappa shape index (κ1) is 13.7. The van der Waals surface area contributed by atoms with Gasteiger partial charge in [0.1, 0.15) is 16.0 Å². The quantitative estimate of drug-likeness (QED) is 0.926. The number of methoxy groups -OCH3 is 2. The maximum Gasteiger partial charge on any atom is 0.141 e. The molecule has 1 N–H and O–H groups in total. The van der Waals surface area contributed by atoms with E-state index >= 15 is 0 Å². The van der Waals surface area contributed by atoms with Gasteiger partial charge in [0, 0.05) is 11.6 Å². The van der Waals surface area contributed by atoms with Gasteiger partial charge in [-0.1, -0.05) is 6.92 Å². The summed E-state index contributed by atoms with van der Waals surface area (Å²) in [5.74, 6) is 2.43. The highest BCUT2D eigenvalue weighted by Crippen LogP contribution is 2.41. The van der Waals surface area contributed by atoms with Crippen molar-refractivity contribution in [1.29, 1.82) is 0 Å². The Morgan fingerprint density at radius 1 is 1.28 bits per heavy atom. The van der Waals surface area contributed by atoms with E-state index in [-0.39, 0.29) is 0 Å². The normalized spacial score (nSPS) is 23.8. The second kappa shape index (κ2) is 5.93. The molecular weight excluding hydrogens is 294 g/mol. The smallest absolute Gasteiger partial charge is 0.141 e. The predicted molar refractivity (Wildman–Crippen MR) is 76.4 cm³/mol. The zero-order chi connectivity index (χ0) is 13.1. The van der Waals surface area contributed by atoms with Crippen LogP contribution in [0.3, 0.4) is 0 Å². The summed E-state index contributed by atoms with van der Waals surface area (Å²) in [6, 6.07) is 4.45. The Balaban J connectivity index is 2.35. The molecule has 2 unspecified atom stereocenters. The maximum atomic E-state index is 5.54. The van der Waals surface area contributed by atoms with Crippen molar-refractivity contribution in [3.8, 4) is 11.5 Å². The minimum absolute atomic E-state index is 0.367. The Labute approximate surface area is 117 Å². The number of hydrogen-bond acceptors (Lipinski definition) is 3. The molecule has 1 heterocycles. The lowest BCUT2D eigenvalue weighted by Crippen LogP contribution is -2.31. The number of benzene rings is 1. The third-order valence-electron chi connectivity index (χ3n) is 3.56. The molecule has 0 bridgehead atoms. The molecular formula is C14H20BrNO2. The van der Waals surface area contributed by atoms with E-state index in [1.165, 1.54) is 12.0 Å². The van der Waals surface area contributed by atoms with Crippen molar-refractivity contribution >= 4 is 15.9 Å². The van der Waals surface area contributed by atoms with Crippen molar-refractivity contribution in [2.75, 3.05) is 20.8 Å². The lowest BCUT2D eigenvalue weighted by atomic mass is 9.89. The largest absolute Gasteiger partial charge is 0.495 e. The highest BCUT2D eigenvalue weighted by Gasteiger charge is 2.24. The lowest BCUT2D eigenvalue weighted by Gasteiger charge is -2.30. The number of piperidine rings is 1. The predicted octanol–water partition coefficient (Wildman–Crippen LogP) is 3.53. The van der Waals surface area contributed by atoms with Crippen LogP contribution in [-0.4, -0.2) is 20.8 Å². The van der Waals surface area contributed by atoms with Gasteiger partial charge in [0.25, 0.3) is 0 Å². The molecule has 3 nitrogen and oxygen atoms in total. The maximum absolute atomic E-state index is 5.54. The number of hydrogen-bond donors (Lipinski definition) is 1. The summed E-state index contributed by atoms with van der Waals surface area (Å²) in [4.78, 5) is 0. The van der Waals surface area contributed by atoms with Crippen LogP contribution in [0.1, 0.15) is 31.4 Å². The standard InChI is InChI=1S/C14H20BrNO2/c1-9-6-7-16-11(8-9)10-4-5-12(17-2)13(15)14(10)18-3/h4-5,9,11,16H,6-8H2,1-3H3. The fourth-order valence-electron chi connectivity index (χ4n) is 2.54. The molecule has 2 atom stereocenters. The van der Waals surface area contributed by atoms with Crippen LogP contribution in [0.15, 0.2) is 16.6 Å². The molecule has 0 amide bonds. The minimum atomic E-state index is 0.367. The summed E-state index contributed by atoms with van der Waals surface area (Å²) in [5.41, 5.74) is 1.21. The van der Waals surface area contributed by atoms with E-state index in [1.54, 1.807) is 14.2 Å². The zero-order valence-corrected chi connectivity index (χ0v) is 12.7. The lowest BCUT2D eigenvalue weighted by molar-refractivity contribution is 0.313. The number of ether oxygens (including phenoxy) is 2. The van der Waals surface area contributed by atoms with Crippen LogP contribution in [-0.2, 0) is 0 Å². The van der Waals surface area contributed by atoms with Gasteiger partial charge in [0.05, 0.1) is 14.2 Å². The van der Waals surface area contributed by atoms with Crippen LogP contribution in [0.25, 0.3) is 0 Å². The van der Waals surface area contributed by atoms with Crippen LogP contribution in [0.4, 0.5) is 0 Å². The molecule has 1 aliphatic heterocycles. The van der Waals surface area contributed by atoms with Crippen LogP contribution < -0.4 is 14.8 Å². The molecule has 4 heteroatoms. The van der Waals surface area contributed by atoms with E-state index in [0.29, 0.717) is 6.04 Å². The summed E-state index contributed by atoms with van der Waals surface area (Å²) >= 11 is 3.56. The first-order valence-electron chi connectivity index (χ1n) is 6.31. The Bertz CT molecular complexity index is 423. The minimum Gasteiger partial charge on any atom is -0.495 e. The van der Waals surface area contributed by atoms with Crippen molar-refractivity contribution in [2.45, 2.75) is 25.8 Å². The summed E-state index contributed by atoms with van der Waals surface area (Å²) in [7, 11) is 3.37. The van der Waals surface area contributed by atoms with Crippen molar-refractivity contribution in [2.24, 2.45) is 5.92 Å². The van der Waals surface area contributed by atoms with Crippen molar-refractivity contribution < 1.29 is 9.47 Å². The molecule has 1 aromatic rings. The van der Waals surface area contributed by atoms with Crippen LogP contribution in [0.2, 0.25) is 0 Å². The van der Waals surface area contributed by atoms with E-state index in [1.807, 2.05) is 6.07 Å². The van der Waals surface area contributed by atoms with E-state index < -0.39 is 0 Å². The van der Waals surface area contributed by atoms with Gasteiger partial charge in [-0.25, -0.2) is 0 Å². The van der Waals surface area contributed by atoms with Gasteiger partial charge in [0.2, 0.25) is 0 Å². The summed E-state index contributed by atoms with van der Waals surface area (Å²) in [5, 5.41) is 3.56. The van der Waals surface area contributed by atoms with E-state index in [4.69, 9.17) is 9.47 Å².